The Kier molecular flexibility index (Phi) is 10.8. The van der Waals surface area contributed by atoms with Crippen molar-refractivity contribution < 1.29 is 0 Å². The first-order chi connectivity index (χ1) is 31.5. The van der Waals surface area contributed by atoms with Gasteiger partial charge in [0, 0.05) is 40.1 Å². The molecule has 3 heterocycles. The number of pyridine rings is 1. The van der Waals surface area contributed by atoms with Crippen molar-refractivity contribution in [2.24, 2.45) is 0 Å². The van der Waals surface area contributed by atoms with E-state index >= 15 is 0 Å². The van der Waals surface area contributed by atoms with Crippen molar-refractivity contribution in [1.82, 2.24) is 24.5 Å². The van der Waals surface area contributed by atoms with E-state index in [9.17, 15) is 0 Å². The van der Waals surface area contributed by atoms with E-state index in [1.165, 1.54) is 44.2 Å². The van der Waals surface area contributed by atoms with Gasteiger partial charge in [-0.15, -0.1) is 0 Å². The van der Waals surface area contributed by atoms with Crippen LogP contribution < -0.4 is 0 Å². The summed E-state index contributed by atoms with van der Waals surface area (Å²) in [5.74, 6) is 2.98. The molecule has 0 saturated carbocycles. The molecule has 5 nitrogen and oxygen atoms in total. The molecule has 3 aromatic heterocycles. The van der Waals surface area contributed by atoms with Crippen LogP contribution in [0.1, 0.15) is 64.1 Å². The fourth-order valence-corrected chi connectivity index (χ4v) is 8.89. The molecule has 5 heteroatoms. The Morgan fingerprint density at radius 2 is 0.877 bits per heavy atom. The lowest BCUT2D eigenvalue weighted by molar-refractivity contribution is 0.590. The van der Waals surface area contributed by atoms with Gasteiger partial charge < -0.3 is 0 Å². The van der Waals surface area contributed by atoms with E-state index < -0.39 is 0 Å². The minimum absolute atomic E-state index is 0.00821. The SMILES string of the molecule is CC(C)(C)c1ccc2c(c1)c1cc(C(C)(C)C)ccc1n2-c1ncc(-c2ccc(-c3ccccc3)c(-c3ccccc3)c2)cc1CCc1nc(-c2ccccc2)nc(-c2ccccc2)n1. The average Bonchev–Trinajstić information content (AvgIpc) is 3.66. The third-order valence-electron chi connectivity index (χ3n) is 12.5. The Bertz CT molecular complexity index is 3180. The number of rotatable bonds is 9. The van der Waals surface area contributed by atoms with Crippen LogP contribution in [0.5, 0.6) is 0 Å². The van der Waals surface area contributed by atoms with Crippen LogP contribution >= 0.6 is 0 Å². The van der Waals surface area contributed by atoms with Gasteiger partial charge in [0.05, 0.1) is 11.0 Å². The summed E-state index contributed by atoms with van der Waals surface area (Å²) in [6, 6.07) is 64.9. The van der Waals surface area contributed by atoms with E-state index in [0.29, 0.717) is 24.5 Å². The lowest BCUT2D eigenvalue weighted by Crippen LogP contribution is -2.11. The molecule has 0 bridgehead atoms. The molecular formula is C60H53N5. The summed E-state index contributed by atoms with van der Waals surface area (Å²) in [6.07, 6.45) is 3.29. The van der Waals surface area contributed by atoms with Crippen LogP contribution in [-0.4, -0.2) is 24.5 Å². The lowest BCUT2D eigenvalue weighted by atomic mass is 9.85. The third kappa shape index (κ3) is 8.38. The standard InChI is InChI=1S/C60H53N5/c1-59(2,3)47-29-32-53-51(37-47)52-38-48(60(4,5)6)30-33-54(52)65(53)58-45(28-34-55-62-56(42-23-15-9-16-24-42)64-57(63-55)43-25-17-10-18-26-43)35-46(39-61-58)44-27-31-49(40-19-11-7-12-20-40)50(36-44)41-21-13-8-14-22-41/h7-27,29-33,35-39H,28,34H2,1-6H3. The first-order valence-electron chi connectivity index (χ1n) is 22.7. The van der Waals surface area contributed by atoms with Gasteiger partial charge in [-0.2, -0.15) is 0 Å². The Balaban J connectivity index is 1.17. The maximum Gasteiger partial charge on any atom is 0.163 e. The Morgan fingerprint density at radius 1 is 0.400 bits per heavy atom. The van der Waals surface area contributed by atoms with Gasteiger partial charge in [0.15, 0.2) is 11.6 Å². The average molecular weight is 844 g/mol. The molecule has 0 atom stereocenters. The Morgan fingerprint density at radius 3 is 1.37 bits per heavy atom. The number of benzene rings is 7. The molecular weight excluding hydrogens is 791 g/mol. The summed E-state index contributed by atoms with van der Waals surface area (Å²) in [7, 11) is 0. The topological polar surface area (TPSA) is 56.5 Å². The fourth-order valence-electron chi connectivity index (χ4n) is 8.89. The molecule has 7 aromatic carbocycles. The van der Waals surface area contributed by atoms with Crippen molar-refractivity contribution in [3.05, 3.63) is 211 Å². The quantitative estimate of drug-likeness (QED) is 0.145. The van der Waals surface area contributed by atoms with Crippen LogP contribution in [0.3, 0.4) is 0 Å². The van der Waals surface area contributed by atoms with Gasteiger partial charge in [-0.25, -0.2) is 19.9 Å². The van der Waals surface area contributed by atoms with E-state index in [1.807, 2.05) is 36.4 Å². The van der Waals surface area contributed by atoms with Crippen molar-refractivity contribution in [2.75, 3.05) is 0 Å². The molecule has 0 spiro atoms. The molecule has 0 aliphatic heterocycles. The largest absolute Gasteiger partial charge is 0.294 e. The van der Waals surface area contributed by atoms with Crippen LogP contribution in [0.15, 0.2) is 188 Å². The Hall–Kier alpha value is -7.50. The van der Waals surface area contributed by atoms with Gasteiger partial charge in [0.1, 0.15) is 11.6 Å². The summed E-state index contributed by atoms with van der Waals surface area (Å²) in [5, 5.41) is 2.47. The highest BCUT2D eigenvalue weighted by Gasteiger charge is 2.23. The monoisotopic (exact) mass is 843 g/mol. The van der Waals surface area contributed by atoms with Crippen LogP contribution in [0.25, 0.3) is 83.8 Å². The van der Waals surface area contributed by atoms with E-state index in [1.54, 1.807) is 0 Å². The number of aromatic nitrogens is 5. The molecule has 0 fully saturated rings. The minimum atomic E-state index is -0.00821. The molecule has 0 aliphatic carbocycles. The number of hydrogen-bond donors (Lipinski definition) is 0. The van der Waals surface area contributed by atoms with Crippen LogP contribution in [0.2, 0.25) is 0 Å². The molecule has 0 amide bonds. The maximum atomic E-state index is 5.48. The summed E-state index contributed by atoms with van der Waals surface area (Å²) in [5.41, 5.74) is 14.8. The third-order valence-corrected chi connectivity index (χ3v) is 12.5. The lowest BCUT2D eigenvalue weighted by Gasteiger charge is -2.19. The van der Waals surface area contributed by atoms with Gasteiger partial charge in [-0.05, 0) is 98.2 Å². The number of aryl methyl sites for hydroxylation is 2. The summed E-state index contributed by atoms with van der Waals surface area (Å²) < 4.78 is 2.38. The van der Waals surface area contributed by atoms with E-state index in [-0.39, 0.29) is 10.8 Å². The highest BCUT2D eigenvalue weighted by atomic mass is 15.1. The molecule has 0 radical (unpaired) electrons. The molecule has 318 valence electrons. The van der Waals surface area contributed by atoms with Gasteiger partial charge in [0.25, 0.3) is 0 Å². The highest BCUT2D eigenvalue weighted by molar-refractivity contribution is 6.10. The molecule has 10 rings (SSSR count). The predicted molar refractivity (Wildman–Crippen MR) is 270 cm³/mol. The number of nitrogens with zero attached hydrogens (tertiary/aromatic N) is 5. The number of fused-ring (bicyclic) bond motifs is 3. The Labute approximate surface area is 382 Å². The van der Waals surface area contributed by atoms with E-state index in [0.717, 1.165) is 50.5 Å². The van der Waals surface area contributed by atoms with Crippen molar-refractivity contribution in [1.29, 1.82) is 0 Å². The zero-order valence-electron chi connectivity index (χ0n) is 38.0. The molecule has 0 aliphatic rings. The first kappa shape index (κ1) is 41.5. The maximum absolute atomic E-state index is 5.48. The van der Waals surface area contributed by atoms with Crippen LogP contribution in [-0.2, 0) is 23.7 Å². The second-order valence-corrected chi connectivity index (χ2v) is 19.1. The summed E-state index contributed by atoms with van der Waals surface area (Å²) in [6.45, 7) is 13.7. The van der Waals surface area contributed by atoms with Crippen molar-refractivity contribution in [3.8, 4) is 62.0 Å². The smallest absolute Gasteiger partial charge is 0.163 e. The second-order valence-electron chi connectivity index (χ2n) is 19.1. The normalized spacial score (nSPS) is 12.0. The van der Waals surface area contributed by atoms with Crippen LogP contribution in [0, 0.1) is 0 Å². The zero-order valence-corrected chi connectivity index (χ0v) is 38.0. The van der Waals surface area contributed by atoms with E-state index in [4.69, 9.17) is 19.9 Å². The van der Waals surface area contributed by atoms with Crippen LogP contribution in [0.4, 0.5) is 0 Å². The molecule has 0 N–H and O–H groups in total. The van der Waals surface area contributed by atoms with Crippen molar-refractivity contribution >= 4 is 21.8 Å². The molecule has 65 heavy (non-hydrogen) atoms. The van der Waals surface area contributed by atoms with Gasteiger partial charge >= 0.3 is 0 Å². The second kappa shape index (κ2) is 16.9. The summed E-state index contributed by atoms with van der Waals surface area (Å²) >= 11 is 0. The van der Waals surface area contributed by atoms with Crippen molar-refractivity contribution in [3.63, 3.8) is 0 Å². The van der Waals surface area contributed by atoms with Gasteiger partial charge in [-0.3, -0.25) is 4.57 Å². The molecule has 0 saturated heterocycles. The molecule has 0 unspecified atom stereocenters. The summed E-state index contributed by atoms with van der Waals surface area (Å²) in [4.78, 5) is 20.7. The minimum Gasteiger partial charge on any atom is -0.294 e. The number of hydrogen-bond acceptors (Lipinski definition) is 4. The van der Waals surface area contributed by atoms with E-state index in [2.05, 4.69) is 198 Å². The molecule has 10 aromatic rings. The predicted octanol–water partition coefficient (Wildman–Crippen LogP) is 15.1. The zero-order chi connectivity index (χ0) is 44.7. The van der Waals surface area contributed by atoms with Gasteiger partial charge in [-0.1, -0.05) is 187 Å². The first-order valence-corrected chi connectivity index (χ1v) is 22.7. The van der Waals surface area contributed by atoms with Crippen molar-refractivity contribution in [2.45, 2.75) is 65.2 Å². The van der Waals surface area contributed by atoms with Gasteiger partial charge in [0.2, 0.25) is 0 Å². The fraction of sp³-hybridized carbons (Fsp3) is 0.167. The highest BCUT2D eigenvalue weighted by Crippen LogP contribution is 2.40.